The van der Waals surface area contributed by atoms with E-state index in [-0.39, 0.29) is 29.9 Å². The minimum Gasteiger partial charge on any atom is -0.503 e. The summed E-state index contributed by atoms with van der Waals surface area (Å²) in [5.74, 6) is -3.88. The fourth-order valence-corrected chi connectivity index (χ4v) is 4.05. The smallest absolute Gasteiger partial charge is 0.274 e. The lowest BCUT2D eigenvalue weighted by Gasteiger charge is -2.45. The fourth-order valence-electron chi connectivity index (χ4n) is 4.05. The number of hydrogen-bond donors (Lipinski definition) is 2. The molecule has 1 aromatic rings. The predicted octanol–water partition coefficient (Wildman–Crippen LogP) is 2.37. The Hall–Kier alpha value is -3.27. The molecule has 2 amide bonds. The standard InChI is InChI=1S/C22H25F2N3O5/c1-4-13(15(24)8-12(3)23)9-25-21(30)14-10-27-16-6-7-32-11-17(16)26(5-2)22(31)18(27)20(29)19(14)28/h4,8,10,16-17,29H,1,5-7,9,11H2,2-3H3,(H,25,30)/b12-8+,15-13-/t16-,17+/m0/s1. The van der Waals surface area contributed by atoms with E-state index in [2.05, 4.69) is 11.9 Å². The summed E-state index contributed by atoms with van der Waals surface area (Å²) >= 11 is 0. The molecule has 32 heavy (non-hydrogen) atoms. The third-order valence-corrected chi connectivity index (χ3v) is 5.63. The van der Waals surface area contributed by atoms with Gasteiger partial charge in [0.2, 0.25) is 5.43 Å². The van der Waals surface area contributed by atoms with Crippen LogP contribution in [-0.4, -0.2) is 58.7 Å². The number of fused-ring (bicyclic) bond motifs is 3. The highest BCUT2D eigenvalue weighted by Gasteiger charge is 2.43. The zero-order valence-electron chi connectivity index (χ0n) is 17.9. The van der Waals surface area contributed by atoms with Crippen LogP contribution in [0.5, 0.6) is 5.75 Å². The summed E-state index contributed by atoms with van der Waals surface area (Å²) in [7, 11) is 0. The van der Waals surface area contributed by atoms with E-state index >= 15 is 0 Å². The summed E-state index contributed by atoms with van der Waals surface area (Å²) in [5, 5.41) is 12.9. The average Bonchev–Trinajstić information content (AvgIpc) is 2.75. The number of allylic oxidation sites excluding steroid dienone is 3. The summed E-state index contributed by atoms with van der Waals surface area (Å²) in [4.78, 5) is 39.9. The highest BCUT2D eigenvalue weighted by molar-refractivity contribution is 5.99. The van der Waals surface area contributed by atoms with Crippen LogP contribution in [0.1, 0.15) is 47.2 Å². The van der Waals surface area contributed by atoms with Crippen LogP contribution in [0.25, 0.3) is 0 Å². The Labute approximate surface area is 183 Å². The molecule has 0 unspecified atom stereocenters. The summed E-state index contributed by atoms with van der Waals surface area (Å²) in [6.45, 7) is 7.03. The summed E-state index contributed by atoms with van der Waals surface area (Å²) in [6.07, 6.45) is 3.55. The Morgan fingerprint density at radius 2 is 2.09 bits per heavy atom. The molecule has 0 saturated carbocycles. The van der Waals surface area contributed by atoms with Gasteiger partial charge in [-0.2, -0.15) is 0 Å². The number of amides is 2. The first-order chi connectivity index (χ1) is 15.2. The number of carbonyl (C=O) groups excluding carboxylic acids is 2. The van der Waals surface area contributed by atoms with Crippen LogP contribution in [0.4, 0.5) is 8.78 Å². The highest BCUT2D eigenvalue weighted by atomic mass is 19.1. The van der Waals surface area contributed by atoms with Crippen LogP contribution in [-0.2, 0) is 4.74 Å². The topological polar surface area (TPSA) is 101 Å². The van der Waals surface area contributed by atoms with Crippen molar-refractivity contribution >= 4 is 11.8 Å². The number of ether oxygens (including phenoxy) is 1. The Balaban J connectivity index is 1.98. The van der Waals surface area contributed by atoms with Gasteiger partial charge in [-0.05, 0) is 20.3 Å². The Morgan fingerprint density at radius 3 is 2.72 bits per heavy atom. The molecule has 1 saturated heterocycles. The lowest BCUT2D eigenvalue weighted by molar-refractivity contribution is -0.0176. The van der Waals surface area contributed by atoms with Crippen LogP contribution < -0.4 is 10.7 Å². The predicted molar refractivity (Wildman–Crippen MR) is 113 cm³/mol. The van der Waals surface area contributed by atoms with E-state index in [1.807, 2.05) is 0 Å². The van der Waals surface area contributed by atoms with Gasteiger partial charge in [0.25, 0.3) is 11.8 Å². The molecule has 0 aliphatic carbocycles. The van der Waals surface area contributed by atoms with Crippen molar-refractivity contribution in [1.29, 1.82) is 0 Å². The first-order valence-electron chi connectivity index (χ1n) is 10.2. The molecule has 0 bridgehead atoms. The molecule has 3 heterocycles. The average molecular weight is 449 g/mol. The zero-order chi connectivity index (χ0) is 23.6. The quantitative estimate of drug-likeness (QED) is 0.650. The van der Waals surface area contributed by atoms with Gasteiger partial charge in [-0.15, -0.1) is 0 Å². The SMILES string of the molecule is C=C/C(CNC(=O)c1cn2c(c(O)c1=O)C(=O)N(CC)[C@@H]1COCC[C@@H]12)=C(F)\C=C(/C)F. The van der Waals surface area contributed by atoms with E-state index in [1.54, 1.807) is 11.8 Å². The fraction of sp³-hybridized carbons (Fsp3) is 0.409. The first kappa shape index (κ1) is 23.4. The van der Waals surface area contributed by atoms with Gasteiger partial charge in [-0.1, -0.05) is 12.7 Å². The molecule has 3 rings (SSSR count). The maximum absolute atomic E-state index is 14.0. The highest BCUT2D eigenvalue weighted by Crippen LogP contribution is 2.35. The lowest BCUT2D eigenvalue weighted by Crippen LogP contribution is -2.55. The van der Waals surface area contributed by atoms with Crippen LogP contribution in [0.3, 0.4) is 0 Å². The van der Waals surface area contributed by atoms with E-state index in [1.165, 1.54) is 10.8 Å². The van der Waals surface area contributed by atoms with Gasteiger partial charge < -0.3 is 24.6 Å². The third-order valence-electron chi connectivity index (χ3n) is 5.63. The van der Waals surface area contributed by atoms with Gasteiger partial charge in [0.1, 0.15) is 11.4 Å². The number of hydrogen-bond acceptors (Lipinski definition) is 5. The molecule has 2 aliphatic rings. The van der Waals surface area contributed by atoms with Gasteiger partial charge in [0, 0.05) is 37.5 Å². The number of nitrogens with zero attached hydrogens (tertiary/aromatic N) is 2. The van der Waals surface area contributed by atoms with E-state index in [0.29, 0.717) is 32.3 Å². The molecule has 10 heteroatoms. The van der Waals surface area contributed by atoms with Crippen LogP contribution >= 0.6 is 0 Å². The molecule has 8 nitrogen and oxygen atoms in total. The van der Waals surface area contributed by atoms with Crippen molar-refractivity contribution in [2.45, 2.75) is 32.4 Å². The van der Waals surface area contributed by atoms with Gasteiger partial charge in [0.05, 0.1) is 24.5 Å². The number of pyridine rings is 1. The normalized spacial score (nSPS) is 21.4. The zero-order valence-corrected chi connectivity index (χ0v) is 17.9. The molecule has 0 spiro atoms. The summed E-state index contributed by atoms with van der Waals surface area (Å²) < 4.78 is 33.9. The number of likely N-dealkylation sites (N-methyl/N-ethyl adjacent to an activating group) is 1. The van der Waals surface area contributed by atoms with Crippen molar-refractivity contribution in [3.8, 4) is 5.75 Å². The van der Waals surface area contributed by atoms with Gasteiger partial charge in [-0.3, -0.25) is 14.4 Å². The van der Waals surface area contributed by atoms with E-state index in [9.17, 15) is 28.3 Å². The number of rotatable bonds is 6. The molecule has 0 radical (unpaired) electrons. The second-order valence-corrected chi connectivity index (χ2v) is 7.56. The van der Waals surface area contributed by atoms with Crippen molar-refractivity contribution in [3.63, 3.8) is 0 Å². The minimum absolute atomic E-state index is 0.0871. The number of carbonyl (C=O) groups is 2. The summed E-state index contributed by atoms with van der Waals surface area (Å²) in [6, 6.07) is -0.583. The number of halogens is 2. The van der Waals surface area contributed by atoms with Gasteiger partial charge in [0.15, 0.2) is 11.4 Å². The molecular formula is C22H25F2N3O5. The Bertz CT molecular complexity index is 1070. The molecule has 2 aliphatic heterocycles. The van der Waals surface area contributed by atoms with Crippen molar-refractivity contribution in [2.24, 2.45) is 0 Å². The summed E-state index contributed by atoms with van der Waals surface area (Å²) in [5.41, 5.74) is -1.66. The monoisotopic (exact) mass is 449 g/mol. The number of aromatic nitrogens is 1. The van der Waals surface area contributed by atoms with Crippen LogP contribution in [0.15, 0.2) is 46.9 Å². The number of nitrogens with one attached hydrogen (secondary N) is 1. The number of aromatic hydroxyl groups is 1. The minimum atomic E-state index is -1.01. The maximum Gasteiger partial charge on any atom is 0.274 e. The van der Waals surface area contributed by atoms with Crippen LogP contribution in [0, 0.1) is 0 Å². The molecule has 172 valence electrons. The van der Waals surface area contributed by atoms with Crippen molar-refractivity contribution in [2.75, 3.05) is 26.3 Å². The first-order valence-corrected chi connectivity index (χ1v) is 10.2. The molecular weight excluding hydrogens is 424 g/mol. The second kappa shape index (κ2) is 9.47. The second-order valence-electron chi connectivity index (χ2n) is 7.56. The lowest BCUT2D eigenvalue weighted by atomic mass is 9.96. The van der Waals surface area contributed by atoms with Gasteiger partial charge >= 0.3 is 0 Å². The maximum atomic E-state index is 14.0. The molecule has 2 atom stereocenters. The largest absolute Gasteiger partial charge is 0.503 e. The van der Waals surface area contributed by atoms with E-state index in [0.717, 1.165) is 13.0 Å². The van der Waals surface area contributed by atoms with Crippen molar-refractivity contribution in [1.82, 2.24) is 14.8 Å². The molecule has 0 aromatic carbocycles. The molecule has 1 aromatic heterocycles. The third kappa shape index (κ3) is 4.22. The molecule has 1 fully saturated rings. The Kier molecular flexibility index (Phi) is 6.93. The van der Waals surface area contributed by atoms with E-state index in [4.69, 9.17) is 4.74 Å². The van der Waals surface area contributed by atoms with Crippen LogP contribution in [0.2, 0.25) is 0 Å². The van der Waals surface area contributed by atoms with Gasteiger partial charge in [-0.25, -0.2) is 8.78 Å². The van der Waals surface area contributed by atoms with Crippen molar-refractivity contribution in [3.05, 3.63) is 63.6 Å². The Morgan fingerprint density at radius 1 is 1.38 bits per heavy atom. The van der Waals surface area contributed by atoms with Crippen molar-refractivity contribution < 1.29 is 28.2 Å². The molecule has 2 N–H and O–H groups in total. The van der Waals surface area contributed by atoms with E-state index < -0.39 is 40.2 Å².